The Morgan fingerprint density at radius 1 is 1.47 bits per heavy atom. The van der Waals surface area contributed by atoms with Crippen LogP contribution in [0, 0.1) is 31.0 Å². The van der Waals surface area contributed by atoms with Crippen molar-refractivity contribution in [1.29, 1.82) is 5.26 Å². The topological polar surface area (TPSA) is 78.9 Å². The number of amides is 1. The number of nitrogens with zero attached hydrogens (tertiary/aromatic N) is 2. The summed E-state index contributed by atoms with van der Waals surface area (Å²) in [5.74, 6) is -0.615. The highest BCUT2D eigenvalue weighted by molar-refractivity contribution is 6.03. The largest absolute Gasteiger partial charge is 0.436 e. The normalized spacial score (nSPS) is 10.0. The monoisotopic (exact) mass is 259 g/mol. The predicted octanol–water partition coefficient (Wildman–Crippen LogP) is 2.55. The minimum absolute atomic E-state index is 0.0437. The molecule has 5 nitrogen and oxygen atoms in total. The summed E-state index contributed by atoms with van der Waals surface area (Å²) in [6, 6.07) is 5.35. The lowest BCUT2D eigenvalue weighted by Crippen LogP contribution is -2.13. The summed E-state index contributed by atoms with van der Waals surface area (Å²) in [6.07, 6.45) is 0. The molecule has 0 bridgehead atoms. The van der Waals surface area contributed by atoms with E-state index >= 15 is 0 Å². The summed E-state index contributed by atoms with van der Waals surface area (Å²) in [5.41, 5.74) is 0.722. The van der Waals surface area contributed by atoms with Gasteiger partial charge in [-0.15, -0.1) is 0 Å². The Morgan fingerprint density at radius 2 is 2.21 bits per heavy atom. The van der Waals surface area contributed by atoms with Gasteiger partial charge in [0.25, 0.3) is 5.91 Å². The zero-order valence-electron chi connectivity index (χ0n) is 10.3. The smallest absolute Gasteiger partial charge is 0.293 e. The first kappa shape index (κ1) is 12.8. The molecule has 0 fully saturated rings. The number of hydrogen-bond acceptors (Lipinski definition) is 4. The van der Waals surface area contributed by atoms with E-state index < -0.39 is 11.7 Å². The van der Waals surface area contributed by atoms with Gasteiger partial charge in [0.05, 0.1) is 16.9 Å². The SMILES string of the molecule is Cc1nc(C)c(C(=O)Nc2ccc(F)cc2C#N)o1. The van der Waals surface area contributed by atoms with E-state index in [1.165, 1.54) is 6.07 Å². The summed E-state index contributed by atoms with van der Waals surface area (Å²) in [6.45, 7) is 3.27. The number of oxazole rings is 1. The van der Waals surface area contributed by atoms with Gasteiger partial charge in [-0.2, -0.15) is 5.26 Å². The summed E-state index contributed by atoms with van der Waals surface area (Å²) >= 11 is 0. The first-order valence-electron chi connectivity index (χ1n) is 5.46. The molecule has 1 N–H and O–H groups in total. The number of benzene rings is 1. The third-order valence-electron chi connectivity index (χ3n) is 2.46. The van der Waals surface area contributed by atoms with Crippen molar-refractivity contribution in [1.82, 2.24) is 4.98 Å². The van der Waals surface area contributed by atoms with Crippen molar-refractivity contribution in [2.45, 2.75) is 13.8 Å². The van der Waals surface area contributed by atoms with Crippen molar-refractivity contribution in [3.63, 3.8) is 0 Å². The highest BCUT2D eigenvalue weighted by Gasteiger charge is 2.17. The molecule has 0 aliphatic rings. The predicted molar refractivity (Wildman–Crippen MR) is 65.0 cm³/mol. The van der Waals surface area contributed by atoms with Gasteiger partial charge < -0.3 is 9.73 Å². The number of hydrogen-bond donors (Lipinski definition) is 1. The van der Waals surface area contributed by atoms with Crippen LogP contribution in [0.15, 0.2) is 22.6 Å². The fourth-order valence-corrected chi connectivity index (χ4v) is 1.64. The van der Waals surface area contributed by atoms with Crippen LogP contribution in [-0.4, -0.2) is 10.9 Å². The summed E-state index contributed by atoms with van der Waals surface area (Å²) in [5, 5.41) is 11.4. The maximum Gasteiger partial charge on any atom is 0.293 e. The molecule has 1 heterocycles. The fourth-order valence-electron chi connectivity index (χ4n) is 1.64. The van der Waals surface area contributed by atoms with E-state index in [4.69, 9.17) is 9.68 Å². The lowest BCUT2D eigenvalue weighted by molar-refractivity contribution is 0.0994. The van der Waals surface area contributed by atoms with Gasteiger partial charge in [-0.25, -0.2) is 9.37 Å². The lowest BCUT2D eigenvalue weighted by atomic mass is 10.2. The van der Waals surface area contributed by atoms with Gasteiger partial charge in [0.15, 0.2) is 5.89 Å². The molecule has 1 amide bonds. The number of halogens is 1. The van der Waals surface area contributed by atoms with Gasteiger partial charge in [-0.05, 0) is 25.1 Å². The fraction of sp³-hybridized carbons (Fsp3) is 0.154. The number of nitrogens with one attached hydrogen (secondary N) is 1. The van der Waals surface area contributed by atoms with Crippen molar-refractivity contribution in [3.8, 4) is 6.07 Å². The summed E-state index contributed by atoms with van der Waals surface area (Å²) in [7, 11) is 0. The zero-order chi connectivity index (χ0) is 14.0. The van der Waals surface area contributed by atoms with Crippen LogP contribution in [0.5, 0.6) is 0 Å². The maximum atomic E-state index is 13.0. The average molecular weight is 259 g/mol. The van der Waals surface area contributed by atoms with Crippen LogP contribution in [0.1, 0.15) is 27.7 Å². The van der Waals surface area contributed by atoms with E-state index in [2.05, 4.69) is 10.3 Å². The third kappa shape index (κ3) is 2.60. The maximum absolute atomic E-state index is 13.0. The number of aromatic nitrogens is 1. The molecule has 0 atom stereocenters. The number of carbonyl (C=O) groups excluding carboxylic acids is 1. The molecule has 0 aliphatic carbocycles. The van der Waals surface area contributed by atoms with Crippen molar-refractivity contribution >= 4 is 11.6 Å². The number of anilines is 1. The quantitative estimate of drug-likeness (QED) is 0.898. The van der Waals surface area contributed by atoms with Crippen molar-refractivity contribution < 1.29 is 13.6 Å². The molecule has 0 spiro atoms. The molecular formula is C13H10FN3O2. The van der Waals surface area contributed by atoms with E-state index in [9.17, 15) is 9.18 Å². The second kappa shape index (κ2) is 4.90. The first-order valence-corrected chi connectivity index (χ1v) is 5.46. The second-order valence-electron chi connectivity index (χ2n) is 3.90. The Hall–Kier alpha value is -2.68. The molecule has 0 radical (unpaired) electrons. The number of carbonyl (C=O) groups is 1. The Kier molecular flexibility index (Phi) is 3.29. The van der Waals surface area contributed by atoms with Crippen LogP contribution in [0.2, 0.25) is 0 Å². The molecule has 0 saturated carbocycles. The average Bonchev–Trinajstić information content (AvgIpc) is 2.70. The minimum Gasteiger partial charge on any atom is -0.436 e. The Labute approximate surface area is 108 Å². The van der Waals surface area contributed by atoms with Gasteiger partial charge in [0.1, 0.15) is 11.9 Å². The highest BCUT2D eigenvalue weighted by Crippen LogP contribution is 2.18. The van der Waals surface area contributed by atoms with Gasteiger partial charge in [-0.1, -0.05) is 0 Å². The van der Waals surface area contributed by atoms with Crippen LogP contribution < -0.4 is 5.32 Å². The van der Waals surface area contributed by atoms with Gasteiger partial charge in [0, 0.05) is 6.92 Å². The molecule has 0 unspecified atom stereocenters. The highest BCUT2D eigenvalue weighted by atomic mass is 19.1. The summed E-state index contributed by atoms with van der Waals surface area (Å²) in [4.78, 5) is 15.9. The van der Waals surface area contributed by atoms with Crippen molar-refractivity contribution in [2.24, 2.45) is 0 Å². The Balaban J connectivity index is 2.29. The van der Waals surface area contributed by atoms with Crippen LogP contribution in [-0.2, 0) is 0 Å². The van der Waals surface area contributed by atoms with Crippen LogP contribution >= 0.6 is 0 Å². The molecule has 0 saturated heterocycles. The molecular weight excluding hydrogens is 249 g/mol. The first-order chi connectivity index (χ1) is 9.01. The molecule has 96 valence electrons. The number of nitriles is 1. The van der Waals surface area contributed by atoms with Crippen LogP contribution in [0.4, 0.5) is 10.1 Å². The molecule has 19 heavy (non-hydrogen) atoms. The minimum atomic E-state index is -0.541. The van der Waals surface area contributed by atoms with Gasteiger partial charge in [0.2, 0.25) is 5.76 Å². The lowest BCUT2D eigenvalue weighted by Gasteiger charge is -2.05. The van der Waals surface area contributed by atoms with Gasteiger partial charge in [-0.3, -0.25) is 4.79 Å². The van der Waals surface area contributed by atoms with E-state index in [-0.39, 0.29) is 17.0 Å². The van der Waals surface area contributed by atoms with Crippen LogP contribution in [0.25, 0.3) is 0 Å². The Bertz CT molecular complexity index is 686. The zero-order valence-corrected chi connectivity index (χ0v) is 10.3. The van der Waals surface area contributed by atoms with Crippen LogP contribution in [0.3, 0.4) is 0 Å². The molecule has 1 aromatic heterocycles. The summed E-state index contributed by atoms with van der Waals surface area (Å²) < 4.78 is 18.1. The molecule has 2 aromatic rings. The van der Waals surface area contributed by atoms with Gasteiger partial charge >= 0.3 is 0 Å². The number of aryl methyl sites for hydroxylation is 2. The van der Waals surface area contributed by atoms with E-state index in [1.807, 2.05) is 6.07 Å². The van der Waals surface area contributed by atoms with E-state index in [0.29, 0.717) is 11.6 Å². The standard InChI is InChI=1S/C13H10FN3O2/c1-7-12(19-8(2)16-7)13(18)17-11-4-3-10(14)5-9(11)6-15/h3-5H,1-2H3,(H,17,18). The molecule has 2 rings (SSSR count). The Morgan fingerprint density at radius 3 is 2.79 bits per heavy atom. The molecule has 1 aromatic carbocycles. The van der Waals surface area contributed by atoms with E-state index in [1.54, 1.807) is 13.8 Å². The van der Waals surface area contributed by atoms with E-state index in [0.717, 1.165) is 12.1 Å². The van der Waals surface area contributed by atoms with Crippen molar-refractivity contribution in [3.05, 3.63) is 46.9 Å². The third-order valence-corrected chi connectivity index (χ3v) is 2.46. The second-order valence-corrected chi connectivity index (χ2v) is 3.90. The molecule has 0 aliphatic heterocycles. The number of rotatable bonds is 2. The van der Waals surface area contributed by atoms with Crippen molar-refractivity contribution in [2.75, 3.05) is 5.32 Å². The molecule has 6 heteroatoms.